The summed E-state index contributed by atoms with van der Waals surface area (Å²) < 4.78 is 5.80. The van der Waals surface area contributed by atoms with Crippen molar-refractivity contribution >= 4 is 40.2 Å². The highest BCUT2D eigenvalue weighted by Crippen LogP contribution is 2.38. The van der Waals surface area contributed by atoms with Crippen molar-refractivity contribution in [1.29, 1.82) is 0 Å². The monoisotopic (exact) mass is 365 g/mol. The zero-order valence-corrected chi connectivity index (χ0v) is 14.5. The molecule has 0 saturated heterocycles. The minimum absolute atomic E-state index is 0.0569. The fourth-order valence-corrected chi connectivity index (χ4v) is 4.30. The first-order valence-electron chi connectivity index (χ1n) is 6.68. The van der Waals surface area contributed by atoms with Gasteiger partial charge >= 0.3 is 5.97 Å². The Hall–Kier alpha value is -1.89. The number of thiophene rings is 1. The maximum Gasteiger partial charge on any atom is 0.308 e. The number of carbonyl (C=O) groups is 1. The fraction of sp³-hybridized carbons (Fsp3) is 0.125. The van der Waals surface area contributed by atoms with Gasteiger partial charge in [0.15, 0.2) is 0 Å². The second kappa shape index (κ2) is 6.70. The van der Waals surface area contributed by atoms with Crippen LogP contribution in [-0.2, 0) is 11.2 Å². The van der Waals surface area contributed by atoms with Gasteiger partial charge in [0.25, 0.3) is 0 Å². The lowest BCUT2D eigenvalue weighted by Gasteiger charge is -2.00. The SMILES string of the molecule is COc1ccc(-c2nc(-c3ccc(Cl)s3)c(CC(=O)O)s2)cc1. The molecule has 0 aliphatic heterocycles. The van der Waals surface area contributed by atoms with Crippen molar-refractivity contribution in [3.63, 3.8) is 0 Å². The van der Waals surface area contributed by atoms with Crippen molar-refractivity contribution < 1.29 is 14.6 Å². The molecule has 0 saturated carbocycles. The Balaban J connectivity index is 2.04. The molecule has 0 bridgehead atoms. The Morgan fingerprint density at radius 3 is 2.52 bits per heavy atom. The molecular weight excluding hydrogens is 354 g/mol. The predicted octanol–water partition coefficient (Wildman–Crippen LogP) is 4.83. The lowest BCUT2D eigenvalue weighted by atomic mass is 10.2. The number of carboxylic acid groups (broad SMARTS) is 1. The summed E-state index contributed by atoms with van der Waals surface area (Å²) in [6, 6.07) is 11.2. The Kier molecular flexibility index (Phi) is 4.66. The lowest BCUT2D eigenvalue weighted by molar-refractivity contribution is -0.136. The molecular formula is C16H12ClNO3S2. The Morgan fingerprint density at radius 2 is 1.96 bits per heavy atom. The molecule has 2 aromatic heterocycles. The molecule has 3 aromatic rings. The molecule has 2 heterocycles. The second-order valence-corrected chi connectivity index (χ2v) is 7.49. The average molecular weight is 366 g/mol. The van der Waals surface area contributed by atoms with Crippen molar-refractivity contribution in [3.05, 3.63) is 45.6 Å². The van der Waals surface area contributed by atoms with Gasteiger partial charge in [-0.15, -0.1) is 22.7 Å². The highest BCUT2D eigenvalue weighted by Gasteiger charge is 2.18. The van der Waals surface area contributed by atoms with E-state index in [1.807, 2.05) is 30.3 Å². The van der Waals surface area contributed by atoms with Crippen LogP contribution in [0.2, 0.25) is 4.34 Å². The summed E-state index contributed by atoms with van der Waals surface area (Å²) in [5, 5.41) is 9.91. The number of thiazole rings is 1. The maximum atomic E-state index is 11.1. The second-order valence-electron chi connectivity index (χ2n) is 4.69. The molecule has 7 heteroatoms. The molecule has 1 N–H and O–H groups in total. The number of aromatic nitrogens is 1. The number of rotatable bonds is 5. The molecule has 118 valence electrons. The predicted molar refractivity (Wildman–Crippen MR) is 93.8 cm³/mol. The van der Waals surface area contributed by atoms with E-state index >= 15 is 0 Å². The van der Waals surface area contributed by atoms with Gasteiger partial charge in [-0.25, -0.2) is 4.98 Å². The highest BCUT2D eigenvalue weighted by molar-refractivity contribution is 7.20. The number of benzene rings is 1. The van der Waals surface area contributed by atoms with Gasteiger partial charge in [0.2, 0.25) is 0 Å². The summed E-state index contributed by atoms with van der Waals surface area (Å²) in [5.74, 6) is -0.111. The summed E-state index contributed by atoms with van der Waals surface area (Å²) in [5.41, 5.74) is 1.62. The number of nitrogens with zero attached hydrogens (tertiary/aromatic N) is 1. The summed E-state index contributed by atoms with van der Waals surface area (Å²) in [7, 11) is 1.61. The minimum Gasteiger partial charge on any atom is -0.497 e. The van der Waals surface area contributed by atoms with Crippen LogP contribution in [0.3, 0.4) is 0 Å². The molecule has 0 fully saturated rings. The van der Waals surface area contributed by atoms with Crippen molar-refractivity contribution in [2.45, 2.75) is 6.42 Å². The third-order valence-electron chi connectivity index (χ3n) is 3.15. The Morgan fingerprint density at radius 1 is 1.22 bits per heavy atom. The number of methoxy groups -OCH3 is 1. The van der Waals surface area contributed by atoms with Crippen LogP contribution in [0, 0.1) is 0 Å². The van der Waals surface area contributed by atoms with Gasteiger partial charge < -0.3 is 9.84 Å². The number of halogens is 1. The summed E-state index contributed by atoms with van der Waals surface area (Å²) in [4.78, 5) is 17.4. The molecule has 0 atom stereocenters. The number of hydrogen-bond acceptors (Lipinski definition) is 5. The van der Waals surface area contributed by atoms with Crippen LogP contribution in [0.4, 0.5) is 0 Å². The molecule has 4 nitrogen and oxygen atoms in total. The van der Waals surface area contributed by atoms with Crippen molar-refractivity contribution in [3.8, 4) is 26.9 Å². The van der Waals surface area contributed by atoms with Crippen LogP contribution in [0.5, 0.6) is 5.75 Å². The number of carboxylic acids is 1. The maximum absolute atomic E-state index is 11.1. The quantitative estimate of drug-likeness (QED) is 0.703. The van der Waals surface area contributed by atoms with Gasteiger partial charge in [0, 0.05) is 10.4 Å². The van der Waals surface area contributed by atoms with E-state index in [1.54, 1.807) is 13.2 Å². The largest absolute Gasteiger partial charge is 0.497 e. The van der Waals surface area contributed by atoms with Crippen molar-refractivity contribution in [2.24, 2.45) is 0 Å². The Bertz CT molecular complexity index is 839. The molecule has 0 unspecified atom stereocenters. The van der Waals surface area contributed by atoms with Crippen LogP contribution < -0.4 is 4.74 Å². The van der Waals surface area contributed by atoms with E-state index in [1.165, 1.54) is 22.7 Å². The van der Waals surface area contributed by atoms with Crippen LogP contribution >= 0.6 is 34.3 Å². The van der Waals surface area contributed by atoms with E-state index in [-0.39, 0.29) is 6.42 Å². The average Bonchev–Trinajstić information content (AvgIpc) is 3.13. The summed E-state index contributed by atoms with van der Waals surface area (Å²) in [6.07, 6.45) is -0.0569. The highest BCUT2D eigenvalue weighted by atomic mass is 35.5. The van der Waals surface area contributed by atoms with E-state index in [2.05, 4.69) is 4.98 Å². The third-order valence-corrected chi connectivity index (χ3v) is 5.49. The van der Waals surface area contributed by atoms with Gasteiger partial charge in [-0.3, -0.25) is 4.79 Å². The van der Waals surface area contributed by atoms with E-state index in [4.69, 9.17) is 21.4 Å². The molecule has 1 aromatic carbocycles. The summed E-state index contributed by atoms with van der Waals surface area (Å²) >= 11 is 8.77. The molecule has 0 spiro atoms. The normalized spacial score (nSPS) is 10.7. The van der Waals surface area contributed by atoms with Gasteiger partial charge in [0.1, 0.15) is 10.8 Å². The first kappa shape index (κ1) is 16.0. The van der Waals surface area contributed by atoms with Crippen molar-refractivity contribution in [2.75, 3.05) is 7.11 Å². The molecule has 0 amide bonds. The fourth-order valence-electron chi connectivity index (χ4n) is 2.10. The first-order chi connectivity index (χ1) is 11.1. The molecule has 23 heavy (non-hydrogen) atoms. The van der Waals surface area contributed by atoms with Crippen molar-refractivity contribution in [1.82, 2.24) is 4.98 Å². The van der Waals surface area contributed by atoms with Crippen LogP contribution in [0.15, 0.2) is 36.4 Å². The van der Waals surface area contributed by atoms with Crippen LogP contribution in [0.25, 0.3) is 21.1 Å². The van der Waals surface area contributed by atoms with Gasteiger partial charge in [-0.2, -0.15) is 0 Å². The lowest BCUT2D eigenvalue weighted by Crippen LogP contribution is -1.98. The minimum atomic E-state index is -0.876. The first-order valence-corrected chi connectivity index (χ1v) is 8.69. The standard InChI is InChI=1S/C16H12ClNO3S2/c1-21-10-4-2-9(3-5-10)16-18-15(11-6-7-13(17)22-11)12(23-16)8-14(19)20/h2-7H,8H2,1H3,(H,19,20). The topological polar surface area (TPSA) is 59.4 Å². The van der Waals surface area contributed by atoms with E-state index in [0.29, 0.717) is 10.0 Å². The number of hydrogen-bond donors (Lipinski definition) is 1. The van der Waals surface area contributed by atoms with E-state index in [9.17, 15) is 4.79 Å². The molecule has 3 rings (SSSR count). The number of aliphatic carboxylic acids is 1. The molecule has 0 aliphatic rings. The summed E-state index contributed by atoms with van der Waals surface area (Å²) in [6.45, 7) is 0. The zero-order chi connectivity index (χ0) is 16.4. The van der Waals surface area contributed by atoms with Gasteiger partial charge in [-0.1, -0.05) is 11.6 Å². The van der Waals surface area contributed by atoms with E-state index < -0.39 is 5.97 Å². The Labute approximate surface area is 146 Å². The van der Waals surface area contributed by atoms with Gasteiger partial charge in [0.05, 0.1) is 28.4 Å². The number of ether oxygens (including phenoxy) is 1. The third kappa shape index (κ3) is 3.55. The smallest absolute Gasteiger partial charge is 0.308 e. The zero-order valence-electron chi connectivity index (χ0n) is 12.1. The van der Waals surface area contributed by atoms with Crippen LogP contribution in [0.1, 0.15) is 4.88 Å². The molecule has 0 radical (unpaired) electrons. The van der Waals surface area contributed by atoms with Crippen LogP contribution in [-0.4, -0.2) is 23.2 Å². The molecule has 0 aliphatic carbocycles. The van der Waals surface area contributed by atoms with Gasteiger partial charge in [-0.05, 0) is 36.4 Å². The van der Waals surface area contributed by atoms with E-state index in [0.717, 1.165) is 26.1 Å².